The van der Waals surface area contributed by atoms with Crippen LogP contribution in [0.3, 0.4) is 0 Å². The van der Waals surface area contributed by atoms with E-state index in [-0.39, 0.29) is 6.04 Å². The van der Waals surface area contributed by atoms with Crippen molar-refractivity contribution in [3.63, 3.8) is 0 Å². The minimum atomic E-state index is 0.191. The zero-order valence-electron chi connectivity index (χ0n) is 12.0. The number of likely N-dealkylation sites (N-methyl/N-ethyl adjacent to an activating group) is 1. The molecule has 20 heavy (non-hydrogen) atoms. The number of aryl methyl sites for hydroxylation is 1. The molecule has 1 aromatic heterocycles. The molecule has 5 heteroatoms. The number of hydrogen-bond donors (Lipinski definition) is 1. The van der Waals surface area contributed by atoms with Crippen LogP contribution >= 0.6 is 0 Å². The molecule has 0 saturated carbocycles. The zero-order chi connectivity index (χ0) is 13.9. The van der Waals surface area contributed by atoms with Crippen LogP contribution < -0.4 is 5.32 Å². The lowest BCUT2D eigenvalue weighted by Gasteiger charge is -2.30. The molecule has 0 radical (unpaired) electrons. The molecule has 106 valence electrons. The third-order valence-corrected chi connectivity index (χ3v) is 3.86. The highest BCUT2D eigenvalue weighted by atomic mass is 16.5. The number of nitrogens with zero attached hydrogens (tertiary/aromatic N) is 3. The van der Waals surface area contributed by atoms with Gasteiger partial charge in [0.2, 0.25) is 0 Å². The van der Waals surface area contributed by atoms with Crippen LogP contribution in [0.4, 0.5) is 0 Å². The Bertz CT molecular complexity index is 564. The lowest BCUT2D eigenvalue weighted by Crippen LogP contribution is -2.44. The van der Waals surface area contributed by atoms with Gasteiger partial charge < -0.3 is 9.84 Å². The van der Waals surface area contributed by atoms with E-state index in [4.69, 9.17) is 4.52 Å². The molecule has 1 fully saturated rings. The number of piperazine rings is 1. The van der Waals surface area contributed by atoms with Crippen LogP contribution in [-0.2, 0) is 6.42 Å². The normalized spacial score (nSPS) is 20.2. The highest BCUT2D eigenvalue weighted by molar-refractivity contribution is 5.53. The van der Waals surface area contributed by atoms with E-state index >= 15 is 0 Å². The lowest BCUT2D eigenvalue weighted by atomic mass is 10.1. The maximum Gasteiger partial charge on any atom is 0.257 e. The number of benzene rings is 1. The largest absolute Gasteiger partial charge is 0.334 e. The van der Waals surface area contributed by atoms with Crippen LogP contribution in [0.25, 0.3) is 11.5 Å². The average molecular weight is 272 g/mol. The average Bonchev–Trinajstić information content (AvgIpc) is 2.97. The fourth-order valence-electron chi connectivity index (χ4n) is 2.46. The van der Waals surface area contributed by atoms with Crippen molar-refractivity contribution in [2.45, 2.75) is 19.4 Å². The molecule has 1 aromatic carbocycles. The van der Waals surface area contributed by atoms with Gasteiger partial charge in [-0.05, 0) is 31.2 Å². The summed E-state index contributed by atoms with van der Waals surface area (Å²) in [5, 5.41) is 7.51. The van der Waals surface area contributed by atoms with Gasteiger partial charge in [0.15, 0.2) is 5.82 Å². The van der Waals surface area contributed by atoms with Crippen molar-refractivity contribution in [3.8, 4) is 11.5 Å². The van der Waals surface area contributed by atoms with E-state index in [0.29, 0.717) is 5.89 Å². The minimum Gasteiger partial charge on any atom is -0.334 e. The van der Waals surface area contributed by atoms with Crippen molar-refractivity contribution in [3.05, 3.63) is 35.7 Å². The van der Waals surface area contributed by atoms with Crippen molar-refractivity contribution in [1.29, 1.82) is 0 Å². The Labute approximate surface area is 119 Å². The van der Waals surface area contributed by atoms with Crippen LogP contribution in [0.1, 0.15) is 24.4 Å². The van der Waals surface area contributed by atoms with E-state index in [2.05, 4.69) is 46.5 Å². The highest BCUT2D eigenvalue weighted by Crippen LogP contribution is 2.23. The fraction of sp³-hybridized carbons (Fsp3) is 0.467. The number of aromatic nitrogens is 2. The summed E-state index contributed by atoms with van der Waals surface area (Å²) < 4.78 is 5.41. The first kappa shape index (κ1) is 13.3. The van der Waals surface area contributed by atoms with E-state index in [0.717, 1.165) is 37.4 Å². The molecule has 1 N–H and O–H groups in total. The SMILES string of the molecule is CCc1ccc(-c2nc(C3CNCCN3C)no2)cc1. The molecule has 0 aliphatic carbocycles. The van der Waals surface area contributed by atoms with Crippen molar-refractivity contribution in [1.82, 2.24) is 20.4 Å². The molecule has 5 nitrogen and oxygen atoms in total. The molecular formula is C15H20N4O. The van der Waals surface area contributed by atoms with Crippen LogP contribution in [0.2, 0.25) is 0 Å². The van der Waals surface area contributed by atoms with Crippen molar-refractivity contribution in [2.24, 2.45) is 0 Å². The van der Waals surface area contributed by atoms with Gasteiger partial charge in [-0.2, -0.15) is 4.98 Å². The van der Waals surface area contributed by atoms with Gasteiger partial charge >= 0.3 is 0 Å². The lowest BCUT2D eigenvalue weighted by molar-refractivity contribution is 0.190. The van der Waals surface area contributed by atoms with E-state index in [9.17, 15) is 0 Å². The minimum absolute atomic E-state index is 0.191. The Kier molecular flexibility index (Phi) is 3.80. The first-order chi connectivity index (χ1) is 9.78. The third kappa shape index (κ3) is 2.59. The van der Waals surface area contributed by atoms with Gasteiger partial charge in [0.25, 0.3) is 5.89 Å². The van der Waals surface area contributed by atoms with Gasteiger partial charge in [0.05, 0.1) is 6.04 Å². The Morgan fingerprint density at radius 1 is 1.35 bits per heavy atom. The van der Waals surface area contributed by atoms with Gasteiger partial charge in [-0.25, -0.2) is 0 Å². The van der Waals surface area contributed by atoms with Gasteiger partial charge in [0, 0.05) is 25.2 Å². The third-order valence-electron chi connectivity index (χ3n) is 3.86. The quantitative estimate of drug-likeness (QED) is 0.924. The Morgan fingerprint density at radius 2 is 2.15 bits per heavy atom. The molecule has 0 bridgehead atoms. The van der Waals surface area contributed by atoms with Crippen LogP contribution in [0.15, 0.2) is 28.8 Å². The molecule has 1 atom stereocenters. The number of hydrogen-bond acceptors (Lipinski definition) is 5. The molecule has 3 rings (SSSR count). The Morgan fingerprint density at radius 3 is 2.85 bits per heavy atom. The monoisotopic (exact) mass is 272 g/mol. The second kappa shape index (κ2) is 5.73. The van der Waals surface area contributed by atoms with Gasteiger partial charge in [-0.15, -0.1) is 0 Å². The molecule has 0 amide bonds. The summed E-state index contributed by atoms with van der Waals surface area (Å²) in [4.78, 5) is 6.81. The van der Waals surface area contributed by atoms with Gasteiger partial charge in [-0.1, -0.05) is 24.2 Å². The molecular weight excluding hydrogens is 252 g/mol. The second-order valence-corrected chi connectivity index (χ2v) is 5.21. The van der Waals surface area contributed by atoms with Crippen molar-refractivity contribution >= 4 is 0 Å². The molecule has 1 aliphatic heterocycles. The summed E-state index contributed by atoms with van der Waals surface area (Å²) in [6.45, 7) is 5.02. The Balaban J connectivity index is 1.81. The maximum absolute atomic E-state index is 5.41. The van der Waals surface area contributed by atoms with Crippen LogP contribution in [0, 0.1) is 0 Å². The van der Waals surface area contributed by atoms with E-state index < -0.39 is 0 Å². The van der Waals surface area contributed by atoms with Crippen LogP contribution in [-0.4, -0.2) is 41.7 Å². The highest BCUT2D eigenvalue weighted by Gasteiger charge is 2.25. The van der Waals surface area contributed by atoms with Gasteiger partial charge in [0.1, 0.15) is 0 Å². The molecule has 1 saturated heterocycles. The summed E-state index contributed by atoms with van der Waals surface area (Å²) in [5.41, 5.74) is 2.29. The second-order valence-electron chi connectivity index (χ2n) is 5.21. The molecule has 2 aromatic rings. The summed E-state index contributed by atoms with van der Waals surface area (Å²) in [6.07, 6.45) is 1.04. The maximum atomic E-state index is 5.41. The van der Waals surface area contributed by atoms with E-state index in [1.807, 2.05) is 12.1 Å². The van der Waals surface area contributed by atoms with E-state index in [1.165, 1.54) is 5.56 Å². The Hall–Kier alpha value is -1.72. The molecule has 2 heterocycles. The fourth-order valence-corrected chi connectivity index (χ4v) is 2.46. The van der Waals surface area contributed by atoms with E-state index in [1.54, 1.807) is 0 Å². The predicted octanol–water partition coefficient (Wildman–Crippen LogP) is 1.88. The summed E-state index contributed by atoms with van der Waals surface area (Å²) in [6, 6.07) is 8.48. The standard InChI is InChI=1S/C15H20N4O/c1-3-11-4-6-12(7-5-11)15-17-14(18-20-15)13-10-16-8-9-19(13)2/h4-7,13,16H,3,8-10H2,1-2H3. The topological polar surface area (TPSA) is 54.2 Å². The smallest absolute Gasteiger partial charge is 0.257 e. The number of nitrogens with one attached hydrogen (secondary N) is 1. The summed E-state index contributed by atoms with van der Waals surface area (Å²) >= 11 is 0. The zero-order valence-corrected chi connectivity index (χ0v) is 12.0. The summed E-state index contributed by atoms with van der Waals surface area (Å²) in [7, 11) is 2.09. The molecule has 1 unspecified atom stereocenters. The first-order valence-electron chi connectivity index (χ1n) is 7.12. The van der Waals surface area contributed by atoms with Crippen molar-refractivity contribution < 1.29 is 4.52 Å². The molecule has 1 aliphatic rings. The summed E-state index contributed by atoms with van der Waals surface area (Å²) in [5.74, 6) is 1.36. The first-order valence-corrected chi connectivity index (χ1v) is 7.12. The van der Waals surface area contributed by atoms with Crippen LogP contribution in [0.5, 0.6) is 0 Å². The molecule has 0 spiro atoms. The number of rotatable bonds is 3. The van der Waals surface area contributed by atoms with Crippen molar-refractivity contribution in [2.75, 3.05) is 26.7 Å². The predicted molar refractivity (Wildman–Crippen MR) is 77.4 cm³/mol. The van der Waals surface area contributed by atoms with Gasteiger partial charge in [-0.3, -0.25) is 4.90 Å².